The summed E-state index contributed by atoms with van der Waals surface area (Å²) < 4.78 is 7.18. The average Bonchev–Trinajstić information content (AvgIpc) is 3.18. The van der Waals surface area contributed by atoms with Crippen molar-refractivity contribution in [1.29, 1.82) is 0 Å². The Morgan fingerprint density at radius 3 is 2.90 bits per heavy atom. The Kier molecular flexibility index (Phi) is 6.46. The highest BCUT2D eigenvalue weighted by Crippen LogP contribution is 2.26. The summed E-state index contributed by atoms with van der Waals surface area (Å²) in [6, 6.07) is 12.6. The van der Waals surface area contributed by atoms with Crippen LogP contribution in [0.4, 0.5) is 5.69 Å². The molecule has 150 valence electrons. The molecule has 8 nitrogen and oxygen atoms in total. The number of hydrogen-bond acceptors (Lipinski definition) is 5. The highest BCUT2D eigenvalue weighted by Gasteiger charge is 2.10. The molecule has 0 atom stereocenters. The second kappa shape index (κ2) is 9.20. The number of aryl methyl sites for hydroxylation is 1. The molecule has 0 radical (unpaired) electrons. The van der Waals surface area contributed by atoms with Crippen LogP contribution in [0, 0.1) is 17.0 Å². The molecule has 3 rings (SSSR count). The third kappa shape index (κ3) is 5.55. The summed E-state index contributed by atoms with van der Waals surface area (Å²) in [5.74, 6) is 0.344. The topological polar surface area (TPSA) is 99.3 Å². The number of rotatable bonds is 8. The maximum Gasteiger partial charge on any atom is 0.306 e. The van der Waals surface area contributed by atoms with Crippen LogP contribution in [0.15, 0.2) is 54.9 Å². The third-order valence-electron chi connectivity index (χ3n) is 4.13. The van der Waals surface area contributed by atoms with Crippen LogP contribution in [0.2, 0.25) is 5.02 Å². The van der Waals surface area contributed by atoms with Crippen molar-refractivity contribution in [2.75, 3.05) is 6.54 Å². The van der Waals surface area contributed by atoms with Gasteiger partial charge >= 0.3 is 5.69 Å². The monoisotopic (exact) mass is 414 g/mol. The lowest BCUT2D eigenvalue weighted by Crippen LogP contribution is -2.27. The Balaban J connectivity index is 1.54. The quantitative estimate of drug-likeness (QED) is 0.447. The van der Waals surface area contributed by atoms with E-state index < -0.39 is 4.92 Å². The molecule has 0 aliphatic carbocycles. The maximum atomic E-state index is 12.4. The van der Waals surface area contributed by atoms with Crippen LogP contribution in [0.3, 0.4) is 0 Å². The molecule has 0 bridgehead atoms. The van der Waals surface area contributed by atoms with E-state index in [1.807, 2.05) is 25.1 Å². The predicted molar refractivity (Wildman–Crippen MR) is 108 cm³/mol. The van der Waals surface area contributed by atoms with Gasteiger partial charge in [-0.3, -0.25) is 19.6 Å². The molecule has 0 spiro atoms. The van der Waals surface area contributed by atoms with E-state index in [9.17, 15) is 14.9 Å². The standard InChI is InChI=1S/C20H19ClN4O4/c1-14-5-6-18(21)19(9-14)29-13-15-3-2-4-16(10-15)20(26)22-7-8-24-12-17(11-23-24)25(27)28/h2-6,9-12H,7-8,13H2,1H3,(H,22,26). The number of nitrogens with one attached hydrogen (secondary N) is 1. The normalized spacial score (nSPS) is 10.6. The van der Waals surface area contributed by atoms with Gasteiger partial charge < -0.3 is 10.1 Å². The molecule has 1 aromatic heterocycles. The van der Waals surface area contributed by atoms with E-state index in [0.29, 0.717) is 22.9 Å². The van der Waals surface area contributed by atoms with Crippen molar-refractivity contribution < 1.29 is 14.5 Å². The first-order valence-electron chi connectivity index (χ1n) is 8.85. The fraction of sp³-hybridized carbons (Fsp3) is 0.200. The van der Waals surface area contributed by atoms with Crippen molar-refractivity contribution in [1.82, 2.24) is 15.1 Å². The molecule has 9 heteroatoms. The molecule has 1 heterocycles. The summed E-state index contributed by atoms with van der Waals surface area (Å²) >= 11 is 6.14. The van der Waals surface area contributed by atoms with E-state index in [1.54, 1.807) is 24.3 Å². The number of hydrogen-bond donors (Lipinski definition) is 1. The van der Waals surface area contributed by atoms with Gasteiger partial charge in [-0.1, -0.05) is 29.8 Å². The van der Waals surface area contributed by atoms with Crippen LogP contribution < -0.4 is 10.1 Å². The minimum atomic E-state index is -0.514. The highest BCUT2D eigenvalue weighted by atomic mass is 35.5. The lowest BCUT2D eigenvalue weighted by molar-refractivity contribution is -0.385. The summed E-state index contributed by atoms with van der Waals surface area (Å²) in [5.41, 5.74) is 2.28. The van der Waals surface area contributed by atoms with Gasteiger partial charge in [-0.05, 0) is 42.3 Å². The molecule has 29 heavy (non-hydrogen) atoms. The van der Waals surface area contributed by atoms with Crippen LogP contribution >= 0.6 is 11.6 Å². The zero-order valence-corrected chi connectivity index (χ0v) is 16.4. The van der Waals surface area contributed by atoms with Gasteiger partial charge in [0.25, 0.3) is 5.91 Å². The van der Waals surface area contributed by atoms with E-state index >= 15 is 0 Å². The average molecular weight is 415 g/mol. The molecule has 1 N–H and O–H groups in total. The largest absolute Gasteiger partial charge is 0.487 e. The maximum absolute atomic E-state index is 12.4. The van der Waals surface area contributed by atoms with Crippen molar-refractivity contribution >= 4 is 23.2 Å². The first kappa shape index (κ1) is 20.3. The van der Waals surface area contributed by atoms with Crippen LogP contribution in [0.25, 0.3) is 0 Å². The van der Waals surface area contributed by atoms with E-state index in [0.717, 1.165) is 11.1 Å². The molecule has 3 aromatic rings. The van der Waals surface area contributed by atoms with Crippen molar-refractivity contribution in [2.45, 2.75) is 20.1 Å². The van der Waals surface area contributed by atoms with Gasteiger partial charge in [-0.25, -0.2) is 0 Å². The molecular weight excluding hydrogens is 396 g/mol. The minimum absolute atomic E-state index is 0.0854. The van der Waals surface area contributed by atoms with E-state index in [4.69, 9.17) is 16.3 Å². The zero-order chi connectivity index (χ0) is 20.8. The van der Waals surface area contributed by atoms with Gasteiger partial charge in [0.15, 0.2) is 0 Å². The number of nitrogens with zero attached hydrogens (tertiary/aromatic N) is 3. The summed E-state index contributed by atoms with van der Waals surface area (Å²) in [4.78, 5) is 22.5. The number of halogens is 1. The van der Waals surface area contributed by atoms with Crippen LogP contribution in [-0.2, 0) is 13.2 Å². The van der Waals surface area contributed by atoms with E-state index in [1.165, 1.54) is 17.1 Å². The second-order valence-corrected chi connectivity index (χ2v) is 6.80. The lowest BCUT2D eigenvalue weighted by atomic mass is 10.1. The third-order valence-corrected chi connectivity index (χ3v) is 4.44. The molecule has 2 aromatic carbocycles. The number of carbonyl (C=O) groups excluding carboxylic acids is 1. The van der Waals surface area contributed by atoms with Crippen molar-refractivity contribution in [3.63, 3.8) is 0 Å². The van der Waals surface area contributed by atoms with Gasteiger partial charge in [0, 0.05) is 12.1 Å². The molecule has 0 saturated carbocycles. The van der Waals surface area contributed by atoms with Gasteiger partial charge in [0.2, 0.25) is 0 Å². The van der Waals surface area contributed by atoms with E-state index in [2.05, 4.69) is 10.4 Å². The lowest BCUT2D eigenvalue weighted by Gasteiger charge is -2.10. The second-order valence-electron chi connectivity index (χ2n) is 6.40. The predicted octanol–water partition coefficient (Wildman–Crippen LogP) is 3.76. The van der Waals surface area contributed by atoms with Crippen LogP contribution in [0.5, 0.6) is 5.75 Å². The number of amides is 1. The minimum Gasteiger partial charge on any atom is -0.487 e. The Bertz CT molecular complexity index is 1030. The molecular formula is C20H19ClN4O4. The Hall–Kier alpha value is -3.39. The number of aromatic nitrogens is 2. The van der Waals surface area contributed by atoms with Crippen LogP contribution in [-0.4, -0.2) is 27.2 Å². The number of nitro groups is 1. The summed E-state index contributed by atoms with van der Waals surface area (Å²) in [6.07, 6.45) is 2.49. The van der Waals surface area contributed by atoms with E-state index in [-0.39, 0.29) is 24.7 Å². The highest BCUT2D eigenvalue weighted by molar-refractivity contribution is 6.32. The van der Waals surface area contributed by atoms with Gasteiger partial charge in [-0.15, -0.1) is 0 Å². The first-order chi connectivity index (χ1) is 13.9. The van der Waals surface area contributed by atoms with Gasteiger partial charge in [0.05, 0.1) is 16.5 Å². The fourth-order valence-corrected chi connectivity index (χ4v) is 2.81. The summed E-state index contributed by atoms with van der Waals surface area (Å²) in [5, 5.41) is 17.8. The molecule has 0 aliphatic heterocycles. The first-order valence-corrected chi connectivity index (χ1v) is 9.23. The van der Waals surface area contributed by atoms with Crippen molar-refractivity contribution in [2.24, 2.45) is 0 Å². The smallest absolute Gasteiger partial charge is 0.306 e. The Morgan fingerprint density at radius 1 is 1.31 bits per heavy atom. The molecule has 0 aliphatic rings. The molecule has 0 saturated heterocycles. The van der Waals surface area contributed by atoms with Crippen LogP contribution in [0.1, 0.15) is 21.5 Å². The zero-order valence-electron chi connectivity index (χ0n) is 15.7. The number of benzene rings is 2. The molecule has 1 amide bonds. The SMILES string of the molecule is Cc1ccc(Cl)c(OCc2cccc(C(=O)NCCn3cc([N+](=O)[O-])cn3)c2)c1. The van der Waals surface area contributed by atoms with Gasteiger partial charge in [0.1, 0.15) is 24.8 Å². The summed E-state index contributed by atoms with van der Waals surface area (Å²) in [6.45, 7) is 2.85. The molecule has 0 unspecified atom stereocenters. The molecule has 0 fully saturated rings. The van der Waals surface area contributed by atoms with Gasteiger partial charge in [-0.2, -0.15) is 5.10 Å². The fourth-order valence-electron chi connectivity index (χ4n) is 2.64. The number of carbonyl (C=O) groups is 1. The Labute approximate surface area is 172 Å². The number of ether oxygens (including phenoxy) is 1. The van der Waals surface area contributed by atoms with Crippen molar-refractivity contribution in [3.8, 4) is 5.75 Å². The van der Waals surface area contributed by atoms with Crippen molar-refractivity contribution in [3.05, 3.63) is 86.7 Å². The Morgan fingerprint density at radius 2 is 2.14 bits per heavy atom. The summed E-state index contributed by atoms with van der Waals surface area (Å²) in [7, 11) is 0.